The van der Waals surface area contributed by atoms with Crippen molar-refractivity contribution in [2.75, 3.05) is 0 Å². The first-order valence-electron chi connectivity index (χ1n) is 5.67. The highest BCUT2D eigenvalue weighted by molar-refractivity contribution is 5.05. The highest BCUT2D eigenvalue weighted by atomic mass is 15.0. The van der Waals surface area contributed by atoms with Gasteiger partial charge in [0.1, 0.15) is 5.82 Å². The molecule has 2 aliphatic rings. The third-order valence-corrected chi connectivity index (χ3v) is 3.72. The normalized spacial score (nSPS) is 35.3. The molecule has 0 aromatic carbocycles. The SMILES string of the molecule is c1c[nH]c(CNC2C3CCCCC32)n1. The number of aromatic amines is 1. The molecule has 0 aliphatic heterocycles. The summed E-state index contributed by atoms with van der Waals surface area (Å²) in [4.78, 5) is 7.34. The lowest BCUT2D eigenvalue weighted by Gasteiger charge is -2.04. The van der Waals surface area contributed by atoms with Crippen LogP contribution in [0.15, 0.2) is 12.4 Å². The van der Waals surface area contributed by atoms with Gasteiger partial charge in [0, 0.05) is 18.4 Å². The Labute approximate surface area is 84.3 Å². The third-order valence-electron chi connectivity index (χ3n) is 3.72. The summed E-state index contributed by atoms with van der Waals surface area (Å²) in [6.45, 7) is 0.907. The molecule has 2 atom stereocenters. The third kappa shape index (κ3) is 1.46. The summed E-state index contributed by atoms with van der Waals surface area (Å²) in [5, 5.41) is 3.61. The summed E-state index contributed by atoms with van der Waals surface area (Å²) in [5.41, 5.74) is 0. The van der Waals surface area contributed by atoms with Crippen LogP contribution in [0, 0.1) is 11.8 Å². The largest absolute Gasteiger partial charge is 0.348 e. The van der Waals surface area contributed by atoms with E-state index in [1.54, 1.807) is 0 Å². The molecule has 2 N–H and O–H groups in total. The van der Waals surface area contributed by atoms with E-state index in [4.69, 9.17) is 0 Å². The zero-order chi connectivity index (χ0) is 9.38. The minimum Gasteiger partial charge on any atom is -0.348 e. The fourth-order valence-corrected chi connectivity index (χ4v) is 2.90. The van der Waals surface area contributed by atoms with Gasteiger partial charge in [0.15, 0.2) is 0 Å². The van der Waals surface area contributed by atoms with Gasteiger partial charge in [-0.25, -0.2) is 4.98 Å². The number of nitrogens with zero attached hydrogens (tertiary/aromatic N) is 1. The monoisotopic (exact) mass is 191 g/mol. The highest BCUT2D eigenvalue weighted by Crippen LogP contribution is 2.49. The standard InChI is InChI=1S/C11H17N3/c1-2-4-9-8(3-1)11(9)14-7-10-12-5-6-13-10/h5-6,8-9,11,14H,1-4,7H2,(H,12,13). The Morgan fingerprint density at radius 2 is 2.14 bits per heavy atom. The van der Waals surface area contributed by atoms with Crippen molar-refractivity contribution in [3.8, 4) is 0 Å². The summed E-state index contributed by atoms with van der Waals surface area (Å²) in [6.07, 6.45) is 9.48. The van der Waals surface area contributed by atoms with Crippen LogP contribution in [0.3, 0.4) is 0 Å². The van der Waals surface area contributed by atoms with Gasteiger partial charge >= 0.3 is 0 Å². The van der Waals surface area contributed by atoms with Crippen molar-refractivity contribution in [3.63, 3.8) is 0 Å². The molecular weight excluding hydrogens is 174 g/mol. The number of imidazole rings is 1. The van der Waals surface area contributed by atoms with E-state index < -0.39 is 0 Å². The van der Waals surface area contributed by atoms with Crippen LogP contribution in [0.2, 0.25) is 0 Å². The smallest absolute Gasteiger partial charge is 0.120 e. The Kier molecular flexibility index (Phi) is 2.05. The summed E-state index contributed by atoms with van der Waals surface area (Å²) in [5.74, 6) is 3.03. The number of nitrogens with one attached hydrogen (secondary N) is 2. The van der Waals surface area contributed by atoms with E-state index in [1.165, 1.54) is 25.7 Å². The second-order valence-electron chi connectivity index (χ2n) is 4.55. The minimum atomic E-state index is 0.794. The number of fused-ring (bicyclic) bond motifs is 1. The van der Waals surface area contributed by atoms with E-state index in [2.05, 4.69) is 15.3 Å². The minimum absolute atomic E-state index is 0.794. The van der Waals surface area contributed by atoms with Crippen LogP contribution in [0.4, 0.5) is 0 Å². The lowest BCUT2D eigenvalue weighted by Crippen LogP contribution is -2.19. The predicted molar refractivity (Wildman–Crippen MR) is 54.7 cm³/mol. The first-order chi connectivity index (χ1) is 6.95. The van der Waals surface area contributed by atoms with E-state index in [9.17, 15) is 0 Å². The molecule has 3 nitrogen and oxygen atoms in total. The molecule has 14 heavy (non-hydrogen) atoms. The van der Waals surface area contributed by atoms with Gasteiger partial charge in [-0.15, -0.1) is 0 Å². The van der Waals surface area contributed by atoms with Crippen molar-refractivity contribution in [2.24, 2.45) is 11.8 Å². The fourth-order valence-electron chi connectivity index (χ4n) is 2.90. The van der Waals surface area contributed by atoms with Gasteiger partial charge in [-0.05, 0) is 24.7 Å². The summed E-state index contributed by atoms with van der Waals surface area (Å²) in [6, 6.07) is 0.794. The van der Waals surface area contributed by atoms with Gasteiger partial charge in [0.2, 0.25) is 0 Å². The Balaban J connectivity index is 1.50. The van der Waals surface area contributed by atoms with E-state index in [0.29, 0.717) is 0 Å². The second-order valence-corrected chi connectivity index (χ2v) is 4.55. The molecule has 0 radical (unpaired) electrons. The average molecular weight is 191 g/mol. The van der Waals surface area contributed by atoms with Crippen molar-refractivity contribution in [1.82, 2.24) is 15.3 Å². The van der Waals surface area contributed by atoms with Gasteiger partial charge in [-0.2, -0.15) is 0 Å². The molecule has 1 heterocycles. The molecular formula is C11H17N3. The molecule has 1 aromatic heterocycles. The van der Waals surface area contributed by atoms with Crippen LogP contribution in [0.25, 0.3) is 0 Å². The Morgan fingerprint density at radius 1 is 1.36 bits per heavy atom. The van der Waals surface area contributed by atoms with Crippen molar-refractivity contribution in [2.45, 2.75) is 38.3 Å². The predicted octanol–water partition coefficient (Wildman–Crippen LogP) is 1.69. The average Bonchev–Trinajstić information content (AvgIpc) is 2.69. The summed E-state index contributed by atoms with van der Waals surface area (Å²) >= 11 is 0. The molecule has 3 rings (SSSR count). The second kappa shape index (κ2) is 3.39. The van der Waals surface area contributed by atoms with E-state index >= 15 is 0 Å². The maximum absolute atomic E-state index is 4.22. The number of H-pyrrole nitrogens is 1. The number of rotatable bonds is 3. The van der Waals surface area contributed by atoms with Crippen molar-refractivity contribution in [3.05, 3.63) is 18.2 Å². The molecule has 0 amide bonds. The van der Waals surface area contributed by atoms with Crippen molar-refractivity contribution >= 4 is 0 Å². The first-order valence-corrected chi connectivity index (χ1v) is 5.67. The van der Waals surface area contributed by atoms with Crippen molar-refractivity contribution in [1.29, 1.82) is 0 Å². The molecule has 2 aliphatic carbocycles. The molecule has 76 valence electrons. The van der Waals surface area contributed by atoms with Crippen LogP contribution in [0.1, 0.15) is 31.5 Å². The molecule has 2 fully saturated rings. The quantitative estimate of drug-likeness (QED) is 0.763. The van der Waals surface area contributed by atoms with Gasteiger partial charge in [-0.3, -0.25) is 0 Å². The van der Waals surface area contributed by atoms with Gasteiger partial charge < -0.3 is 10.3 Å². The van der Waals surface area contributed by atoms with Crippen LogP contribution >= 0.6 is 0 Å². The fraction of sp³-hybridized carbons (Fsp3) is 0.727. The van der Waals surface area contributed by atoms with Crippen LogP contribution < -0.4 is 5.32 Å². The van der Waals surface area contributed by atoms with E-state index in [0.717, 1.165) is 30.2 Å². The molecule has 3 heteroatoms. The van der Waals surface area contributed by atoms with Gasteiger partial charge in [0.25, 0.3) is 0 Å². The Hall–Kier alpha value is -0.830. The first kappa shape index (κ1) is 8.48. The molecule has 2 saturated carbocycles. The molecule has 1 aromatic rings. The lowest BCUT2D eigenvalue weighted by atomic mass is 10.0. The zero-order valence-corrected chi connectivity index (χ0v) is 8.37. The summed E-state index contributed by atoms with van der Waals surface area (Å²) in [7, 11) is 0. The number of hydrogen-bond donors (Lipinski definition) is 2. The molecule has 0 bridgehead atoms. The van der Waals surface area contributed by atoms with Crippen LogP contribution in [0.5, 0.6) is 0 Å². The topological polar surface area (TPSA) is 40.7 Å². The van der Waals surface area contributed by atoms with Gasteiger partial charge in [-0.1, -0.05) is 12.8 Å². The number of aromatic nitrogens is 2. The maximum atomic E-state index is 4.22. The van der Waals surface area contributed by atoms with Crippen LogP contribution in [-0.2, 0) is 6.54 Å². The van der Waals surface area contributed by atoms with E-state index in [-0.39, 0.29) is 0 Å². The van der Waals surface area contributed by atoms with Crippen LogP contribution in [-0.4, -0.2) is 16.0 Å². The zero-order valence-electron chi connectivity index (χ0n) is 8.37. The van der Waals surface area contributed by atoms with Gasteiger partial charge in [0.05, 0.1) is 6.54 Å². The molecule has 0 spiro atoms. The van der Waals surface area contributed by atoms with Crippen molar-refractivity contribution < 1.29 is 0 Å². The van der Waals surface area contributed by atoms with E-state index in [1.807, 2.05) is 12.4 Å². The highest BCUT2D eigenvalue weighted by Gasteiger charge is 2.49. The maximum Gasteiger partial charge on any atom is 0.120 e. The molecule has 0 saturated heterocycles. The number of hydrogen-bond acceptors (Lipinski definition) is 2. The lowest BCUT2D eigenvalue weighted by molar-refractivity contribution is 0.480. The molecule has 2 unspecified atom stereocenters. The Morgan fingerprint density at radius 3 is 2.79 bits per heavy atom. The summed E-state index contributed by atoms with van der Waals surface area (Å²) < 4.78 is 0. The Bertz CT molecular complexity index is 281.